The number of hydrogen-bond donors (Lipinski definition) is 1. The van der Waals surface area contributed by atoms with Gasteiger partial charge in [0, 0.05) is 19.3 Å². The van der Waals surface area contributed by atoms with Gasteiger partial charge in [0.2, 0.25) is 0 Å². The van der Waals surface area contributed by atoms with Crippen molar-refractivity contribution in [3.63, 3.8) is 0 Å². The molecule has 7 nitrogen and oxygen atoms in total. The molecule has 0 atom stereocenters. The molecule has 3 heterocycles. The van der Waals surface area contributed by atoms with Crippen molar-refractivity contribution in [1.29, 1.82) is 0 Å². The number of aryl methyl sites for hydroxylation is 2. The molecule has 0 fully saturated rings. The highest BCUT2D eigenvalue weighted by Gasteiger charge is 2.15. The Bertz CT molecular complexity index is 861. The number of carbonyl (C=O) groups excluding carboxylic acids is 1. The van der Waals surface area contributed by atoms with Crippen molar-refractivity contribution < 1.29 is 9.21 Å². The van der Waals surface area contributed by atoms with Gasteiger partial charge in [0.05, 0.1) is 22.4 Å². The van der Waals surface area contributed by atoms with Crippen LogP contribution in [0.15, 0.2) is 33.3 Å². The minimum atomic E-state index is -0.329. The second-order valence-corrected chi connectivity index (χ2v) is 6.03. The Morgan fingerprint density at radius 1 is 1.30 bits per heavy atom. The Morgan fingerprint density at radius 2 is 2.09 bits per heavy atom. The van der Waals surface area contributed by atoms with Crippen LogP contribution in [-0.4, -0.2) is 25.5 Å². The van der Waals surface area contributed by atoms with Crippen molar-refractivity contribution in [3.8, 4) is 0 Å². The molecule has 0 aliphatic heterocycles. The summed E-state index contributed by atoms with van der Waals surface area (Å²) in [4.78, 5) is 12.1. The third-order valence-corrected chi connectivity index (χ3v) is 4.59. The molecule has 3 rings (SSSR count). The van der Waals surface area contributed by atoms with Crippen LogP contribution >= 0.6 is 15.9 Å². The van der Waals surface area contributed by atoms with E-state index in [1.807, 2.05) is 18.5 Å². The highest BCUT2D eigenvalue weighted by Crippen LogP contribution is 2.21. The molecule has 0 radical (unpaired) electrons. The Hall–Kier alpha value is -2.35. The van der Waals surface area contributed by atoms with E-state index in [9.17, 15) is 4.79 Å². The van der Waals surface area contributed by atoms with Crippen LogP contribution in [-0.2, 0) is 13.6 Å². The van der Waals surface area contributed by atoms with Gasteiger partial charge in [-0.2, -0.15) is 10.2 Å². The van der Waals surface area contributed by atoms with Crippen LogP contribution in [0.3, 0.4) is 0 Å². The summed E-state index contributed by atoms with van der Waals surface area (Å²) in [6, 6.07) is 5.14. The van der Waals surface area contributed by atoms with E-state index < -0.39 is 0 Å². The van der Waals surface area contributed by atoms with Gasteiger partial charge in [0.25, 0.3) is 5.91 Å². The Morgan fingerprint density at radius 3 is 2.70 bits per heavy atom. The van der Waals surface area contributed by atoms with Crippen molar-refractivity contribution in [2.75, 3.05) is 5.32 Å². The predicted molar refractivity (Wildman–Crippen MR) is 88.4 cm³/mol. The number of carbonyl (C=O) groups is 1. The van der Waals surface area contributed by atoms with E-state index in [4.69, 9.17) is 4.42 Å². The zero-order valence-electron chi connectivity index (χ0n) is 13.0. The van der Waals surface area contributed by atoms with Gasteiger partial charge in [-0.05, 0) is 41.9 Å². The van der Waals surface area contributed by atoms with Gasteiger partial charge >= 0.3 is 0 Å². The molecule has 23 heavy (non-hydrogen) atoms. The fourth-order valence-corrected chi connectivity index (χ4v) is 2.51. The summed E-state index contributed by atoms with van der Waals surface area (Å²) in [6.07, 6.45) is 1.75. The Balaban J connectivity index is 1.72. The second kappa shape index (κ2) is 6.04. The summed E-state index contributed by atoms with van der Waals surface area (Å²) in [5.41, 5.74) is 1.93. The van der Waals surface area contributed by atoms with Crippen LogP contribution in [0.1, 0.15) is 27.7 Å². The normalized spacial score (nSPS) is 11.0. The van der Waals surface area contributed by atoms with E-state index in [1.54, 1.807) is 36.1 Å². The van der Waals surface area contributed by atoms with Gasteiger partial charge in [-0.25, -0.2) is 0 Å². The first kappa shape index (κ1) is 15.5. The third kappa shape index (κ3) is 3.21. The number of amides is 1. The topological polar surface area (TPSA) is 77.9 Å². The summed E-state index contributed by atoms with van der Waals surface area (Å²) in [7, 11) is 1.78. The van der Waals surface area contributed by atoms with Crippen LogP contribution in [0, 0.1) is 13.8 Å². The van der Waals surface area contributed by atoms with Crippen LogP contribution in [0.4, 0.5) is 5.82 Å². The number of aromatic nitrogens is 4. The zero-order valence-corrected chi connectivity index (χ0v) is 14.6. The maximum Gasteiger partial charge on any atom is 0.292 e. The van der Waals surface area contributed by atoms with Crippen molar-refractivity contribution >= 4 is 27.7 Å². The first-order valence-electron chi connectivity index (χ1n) is 7.03. The number of furan rings is 1. The quantitative estimate of drug-likeness (QED) is 0.757. The molecule has 3 aromatic rings. The molecule has 0 aromatic carbocycles. The molecular formula is C15H16BrN5O2. The molecule has 120 valence electrons. The Labute approximate surface area is 141 Å². The van der Waals surface area contributed by atoms with E-state index >= 15 is 0 Å². The van der Waals surface area contributed by atoms with Gasteiger partial charge in [0.15, 0.2) is 11.6 Å². The lowest BCUT2D eigenvalue weighted by atomic mass is 10.4. The molecular weight excluding hydrogens is 362 g/mol. The number of rotatable bonds is 4. The molecule has 0 saturated carbocycles. The largest absolute Gasteiger partial charge is 0.454 e. The van der Waals surface area contributed by atoms with Crippen LogP contribution in [0.5, 0.6) is 0 Å². The average Bonchev–Trinajstić information content (AvgIpc) is 3.18. The number of nitrogens with one attached hydrogen (secondary N) is 1. The maximum absolute atomic E-state index is 12.1. The van der Waals surface area contributed by atoms with Gasteiger partial charge in [0.1, 0.15) is 5.76 Å². The number of hydrogen-bond acceptors (Lipinski definition) is 4. The maximum atomic E-state index is 12.1. The summed E-state index contributed by atoms with van der Waals surface area (Å²) >= 11 is 3.49. The first-order valence-corrected chi connectivity index (χ1v) is 7.82. The van der Waals surface area contributed by atoms with Gasteiger partial charge < -0.3 is 9.73 Å². The van der Waals surface area contributed by atoms with Gasteiger partial charge in [-0.1, -0.05) is 0 Å². The average molecular weight is 378 g/mol. The standard InChI is InChI=1S/C15H16BrN5O2/c1-9-14(16)10(2)21(18-9)8-11-4-5-12(23-11)15(22)17-13-6-7-20(3)19-13/h4-7H,8H2,1-3H3,(H,17,19,22). The summed E-state index contributed by atoms with van der Waals surface area (Å²) in [5, 5.41) is 11.2. The smallest absolute Gasteiger partial charge is 0.292 e. The molecule has 0 saturated heterocycles. The molecule has 1 amide bonds. The fraction of sp³-hybridized carbons (Fsp3) is 0.267. The lowest BCUT2D eigenvalue weighted by Gasteiger charge is -2.02. The van der Waals surface area contributed by atoms with E-state index in [1.165, 1.54) is 0 Å². The summed E-state index contributed by atoms with van der Waals surface area (Å²) in [6.45, 7) is 4.37. The predicted octanol–water partition coefficient (Wildman–Crippen LogP) is 2.89. The van der Waals surface area contributed by atoms with Crippen molar-refractivity contribution in [3.05, 3.63) is 51.8 Å². The van der Waals surface area contributed by atoms with Crippen LogP contribution < -0.4 is 5.32 Å². The first-order chi connectivity index (χ1) is 10.9. The van der Waals surface area contributed by atoms with Crippen molar-refractivity contribution in [1.82, 2.24) is 19.6 Å². The van der Waals surface area contributed by atoms with Crippen molar-refractivity contribution in [2.45, 2.75) is 20.4 Å². The molecule has 8 heteroatoms. The lowest BCUT2D eigenvalue weighted by Crippen LogP contribution is -2.11. The van der Waals surface area contributed by atoms with Gasteiger partial charge in [-0.15, -0.1) is 0 Å². The molecule has 0 aliphatic carbocycles. The highest BCUT2D eigenvalue weighted by atomic mass is 79.9. The van der Waals surface area contributed by atoms with Crippen molar-refractivity contribution in [2.24, 2.45) is 7.05 Å². The minimum absolute atomic E-state index is 0.242. The molecule has 0 unspecified atom stereocenters. The molecule has 3 aromatic heterocycles. The van der Waals surface area contributed by atoms with E-state index in [0.29, 0.717) is 18.1 Å². The van der Waals surface area contributed by atoms with E-state index in [2.05, 4.69) is 31.4 Å². The molecule has 0 aliphatic rings. The SMILES string of the molecule is Cc1nn(Cc2ccc(C(=O)Nc3ccn(C)n3)o2)c(C)c1Br. The second-order valence-electron chi connectivity index (χ2n) is 5.24. The van der Waals surface area contributed by atoms with Crippen LogP contribution in [0.2, 0.25) is 0 Å². The molecule has 0 bridgehead atoms. The fourth-order valence-electron chi connectivity index (χ4n) is 2.22. The Kier molecular flexibility index (Phi) is 4.08. The lowest BCUT2D eigenvalue weighted by molar-refractivity contribution is 0.0994. The number of nitrogens with zero attached hydrogens (tertiary/aromatic N) is 4. The van der Waals surface area contributed by atoms with E-state index in [0.717, 1.165) is 15.9 Å². The van der Waals surface area contributed by atoms with Gasteiger partial charge in [-0.3, -0.25) is 14.2 Å². The van der Waals surface area contributed by atoms with Crippen LogP contribution in [0.25, 0.3) is 0 Å². The van der Waals surface area contributed by atoms with E-state index in [-0.39, 0.29) is 11.7 Å². The molecule has 0 spiro atoms. The zero-order chi connectivity index (χ0) is 16.6. The number of anilines is 1. The monoisotopic (exact) mass is 377 g/mol. The molecule has 1 N–H and O–H groups in total. The number of halogens is 1. The third-order valence-electron chi connectivity index (χ3n) is 3.44. The highest BCUT2D eigenvalue weighted by molar-refractivity contribution is 9.10. The minimum Gasteiger partial charge on any atom is -0.454 e. The summed E-state index contributed by atoms with van der Waals surface area (Å²) < 4.78 is 10.0. The summed E-state index contributed by atoms with van der Waals surface area (Å²) in [5.74, 6) is 1.06.